The van der Waals surface area contributed by atoms with Crippen molar-refractivity contribution in [1.82, 2.24) is 5.32 Å². The average molecular weight is 828 g/mol. The van der Waals surface area contributed by atoms with Crippen LogP contribution in [0.5, 0.6) is 0 Å². The van der Waals surface area contributed by atoms with E-state index in [2.05, 4.69) is 43.5 Å². The van der Waals surface area contributed by atoms with Gasteiger partial charge in [0.1, 0.15) is 0 Å². The van der Waals surface area contributed by atoms with E-state index in [1.54, 1.807) is 6.08 Å². The Kier molecular flexibility index (Phi) is 49.8. The van der Waals surface area contributed by atoms with E-state index in [1.807, 2.05) is 6.08 Å². The first kappa shape index (κ1) is 57.6. The fraction of sp³-hybridized carbons (Fsp3) is 0.873. The molecule has 2 unspecified atom stereocenters. The summed E-state index contributed by atoms with van der Waals surface area (Å²) in [4.78, 5) is 12.5. The zero-order valence-corrected chi connectivity index (χ0v) is 40.0. The summed E-state index contributed by atoms with van der Waals surface area (Å²) in [6.45, 7) is 4.32. The molecule has 3 N–H and O–H groups in total. The number of aliphatic hydroxyl groups excluding tert-OH is 2. The van der Waals surface area contributed by atoms with Gasteiger partial charge in [-0.1, -0.05) is 269 Å². The van der Waals surface area contributed by atoms with Gasteiger partial charge in [-0.3, -0.25) is 4.79 Å². The maximum Gasteiger partial charge on any atom is 0.220 e. The summed E-state index contributed by atoms with van der Waals surface area (Å²) in [5.74, 6) is -0.0606. The zero-order chi connectivity index (χ0) is 42.8. The number of carbonyl (C=O) groups excluding carboxylic acids is 1. The Morgan fingerprint density at radius 2 is 0.695 bits per heavy atom. The van der Waals surface area contributed by atoms with Crippen LogP contribution in [0.2, 0.25) is 0 Å². The minimum atomic E-state index is -0.838. The number of carbonyl (C=O) groups is 1. The SMILES string of the molecule is CCCCCCC/C=C\C/C=C\CCCCCCCCCCCCCCCCCC(=O)NC(CO)C(O)/C=C/CCCCCCCCCCCCCCCCCCCC. The summed E-state index contributed by atoms with van der Waals surface area (Å²) in [5, 5.41) is 23.1. The first-order chi connectivity index (χ1) is 29.2. The van der Waals surface area contributed by atoms with Crippen LogP contribution in [0, 0.1) is 0 Å². The van der Waals surface area contributed by atoms with Crippen LogP contribution in [-0.2, 0) is 4.79 Å². The van der Waals surface area contributed by atoms with E-state index in [-0.39, 0.29) is 12.5 Å². The molecule has 2 atom stereocenters. The van der Waals surface area contributed by atoms with Gasteiger partial charge in [-0.25, -0.2) is 0 Å². The quantitative estimate of drug-likeness (QED) is 0.0423. The van der Waals surface area contributed by atoms with E-state index < -0.39 is 12.1 Å². The largest absolute Gasteiger partial charge is 0.394 e. The van der Waals surface area contributed by atoms with Crippen molar-refractivity contribution in [2.45, 2.75) is 302 Å². The molecule has 0 aromatic heterocycles. The Morgan fingerprint density at radius 3 is 1.02 bits per heavy atom. The molecular formula is C55H105NO3. The second kappa shape index (κ2) is 51.0. The molecule has 0 saturated heterocycles. The van der Waals surface area contributed by atoms with Gasteiger partial charge in [0.25, 0.3) is 0 Å². The fourth-order valence-corrected chi connectivity index (χ4v) is 8.27. The Hall–Kier alpha value is -1.39. The average Bonchev–Trinajstić information content (AvgIpc) is 3.24. The van der Waals surface area contributed by atoms with Crippen molar-refractivity contribution in [2.24, 2.45) is 0 Å². The number of hydrogen-bond acceptors (Lipinski definition) is 3. The van der Waals surface area contributed by atoms with Crippen LogP contribution in [0.15, 0.2) is 36.5 Å². The standard InChI is InChI=1S/C55H105NO3/c1-3-5-7-9-11-13-15-17-19-21-23-25-26-27-28-29-30-31-33-35-37-39-41-43-45-47-49-51-55(59)56-53(52-57)54(58)50-48-46-44-42-40-38-36-34-32-24-22-20-18-16-14-12-10-8-6-4-2/h15,17,21,23,48,50,53-54,57-58H,3-14,16,18-20,22,24-47,49,51-52H2,1-2H3,(H,56,59)/b17-15-,23-21-,50-48+. The van der Waals surface area contributed by atoms with Gasteiger partial charge >= 0.3 is 0 Å². The smallest absolute Gasteiger partial charge is 0.220 e. The highest BCUT2D eigenvalue weighted by Gasteiger charge is 2.18. The van der Waals surface area contributed by atoms with E-state index in [1.165, 1.54) is 238 Å². The molecule has 0 aliphatic carbocycles. The number of allylic oxidation sites excluding steroid dienone is 5. The number of unbranched alkanes of at least 4 members (excludes halogenated alkanes) is 38. The van der Waals surface area contributed by atoms with Crippen LogP contribution < -0.4 is 5.32 Å². The summed E-state index contributed by atoms with van der Waals surface area (Å²) in [7, 11) is 0. The Bertz CT molecular complexity index is 897. The van der Waals surface area contributed by atoms with Crippen LogP contribution in [0.1, 0.15) is 290 Å². The first-order valence-electron chi connectivity index (χ1n) is 26.7. The number of aliphatic hydroxyl groups is 2. The van der Waals surface area contributed by atoms with Gasteiger partial charge in [0.2, 0.25) is 5.91 Å². The van der Waals surface area contributed by atoms with Gasteiger partial charge in [-0.15, -0.1) is 0 Å². The maximum atomic E-state index is 12.5. The molecule has 0 heterocycles. The molecule has 4 nitrogen and oxygen atoms in total. The molecule has 0 fully saturated rings. The predicted octanol–water partition coefficient (Wildman–Crippen LogP) is 17.3. The van der Waals surface area contributed by atoms with Crippen molar-refractivity contribution < 1.29 is 15.0 Å². The number of hydrogen-bond donors (Lipinski definition) is 3. The summed E-state index contributed by atoms with van der Waals surface area (Å²) in [6, 6.07) is -0.621. The molecule has 0 bridgehead atoms. The highest BCUT2D eigenvalue weighted by atomic mass is 16.3. The molecule has 4 heteroatoms. The lowest BCUT2D eigenvalue weighted by Crippen LogP contribution is -2.45. The number of rotatable bonds is 49. The van der Waals surface area contributed by atoms with Crippen molar-refractivity contribution in [1.29, 1.82) is 0 Å². The topological polar surface area (TPSA) is 69.6 Å². The van der Waals surface area contributed by atoms with Gasteiger partial charge in [-0.05, 0) is 51.4 Å². The highest BCUT2D eigenvalue weighted by Crippen LogP contribution is 2.17. The van der Waals surface area contributed by atoms with Crippen molar-refractivity contribution in [3.63, 3.8) is 0 Å². The zero-order valence-electron chi connectivity index (χ0n) is 40.0. The molecular weight excluding hydrogens is 723 g/mol. The molecule has 0 aromatic carbocycles. The van der Waals surface area contributed by atoms with Gasteiger partial charge in [-0.2, -0.15) is 0 Å². The van der Waals surface area contributed by atoms with Crippen molar-refractivity contribution >= 4 is 5.91 Å². The lowest BCUT2D eigenvalue weighted by molar-refractivity contribution is -0.123. The Labute approximate surface area is 370 Å². The normalized spacial score (nSPS) is 13.1. The summed E-state index contributed by atoms with van der Waals surface area (Å²) in [6.07, 6.45) is 68.6. The molecule has 0 rings (SSSR count). The van der Waals surface area contributed by atoms with Crippen molar-refractivity contribution in [2.75, 3.05) is 6.61 Å². The highest BCUT2D eigenvalue weighted by molar-refractivity contribution is 5.76. The second-order valence-electron chi connectivity index (χ2n) is 18.3. The van der Waals surface area contributed by atoms with Crippen LogP contribution in [-0.4, -0.2) is 34.9 Å². The molecule has 0 saturated carbocycles. The molecule has 0 spiro atoms. The predicted molar refractivity (Wildman–Crippen MR) is 262 cm³/mol. The van der Waals surface area contributed by atoms with Gasteiger partial charge in [0.05, 0.1) is 18.8 Å². The molecule has 0 aromatic rings. The van der Waals surface area contributed by atoms with Crippen LogP contribution >= 0.6 is 0 Å². The second-order valence-corrected chi connectivity index (χ2v) is 18.3. The third-order valence-corrected chi connectivity index (χ3v) is 12.4. The molecule has 0 radical (unpaired) electrons. The van der Waals surface area contributed by atoms with E-state index in [0.29, 0.717) is 6.42 Å². The minimum Gasteiger partial charge on any atom is -0.394 e. The Balaban J connectivity index is 3.49. The summed E-state index contributed by atoms with van der Waals surface area (Å²) >= 11 is 0. The van der Waals surface area contributed by atoms with E-state index >= 15 is 0 Å². The van der Waals surface area contributed by atoms with Gasteiger partial charge < -0.3 is 15.5 Å². The summed E-state index contributed by atoms with van der Waals surface area (Å²) < 4.78 is 0. The van der Waals surface area contributed by atoms with Crippen LogP contribution in [0.3, 0.4) is 0 Å². The third-order valence-electron chi connectivity index (χ3n) is 12.4. The minimum absolute atomic E-state index is 0.0606. The lowest BCUT2D eigenvalue weighted by atomic mass is 10.0. The molecule has 59 heavy (non-hydrogen) atoms. The molecule has 1 amide bonds. The monoisotopic (exact) mass is 828 g/mol. The van der Waals surface area contributed by atoms with Gasteiger partial charge in [0.15, 0.2) is 0 Å². The van der Waals surface area contributed by atoms with Crippen molar-refractivity contribution in [3.8, 4) is 0 Å². The van der Waals surface area contributed by atoms with Crippen LogP contribution in [0.25, 0.3) is 0 Å². The molecule has 348 valence electrons. The van der Waals surface area contributed by atoms with Crippen LogP contribution in [0.4, 0.5) is 0 Å². The fourth-order valence-electron chi connectivity index (χ4n) is 8.27. The lowest BCUT2D eigenvalue weighted by Gasteiger charge is -2.20. The maximum absolute atomic E-state index is 12.5. The van der Waals surface area contributed by atoms with E-state index in [4.69, 9.17) is 0 Å². The number of amides is 1. The van der Waals surface area contributed by atoms with Gasteiger partial charge in [0, 0.05) is 6.42 Å². The third kappa shape index (κ3) is 47.5. The van der Waals surface area contributed by atoms with E-state index in [0.717, 1.165) is 32.1 Å². The first-order valence-corrected chi connectivity index (χ1v) is 26.7. The molecule has 0 aliphatic rings. The van der Waals surface area contributed by atoms with E-state index in [9.17, 15) is 15.0 Å². The van der Waals surface area contributed by atoms with Crippen molar-refractivity contribution in [3.05, 3.63) is 36.5 Å². The number of nitrogens with one attached hydrogen (secondary N) is 1. The Morgan fingerprint density at radius 1 is 0.407 bits per heavy atom. The summed E-state index contributed by atoms with van der Waals surface area (Å²) in [5.41, 5.74) is 0. The molecule has 0 aliphatic heterocycles.